The zero-order valence-electron chi connectivity index (χ0n) is 13.1. The number of halogens is 2. The molecule has 24 heavy (non-hydrogen) atoms. The molecule has 1 fully saturated rings. The van der Waals surface area contributed by atoms with Crippen LogP contribution in [0, 0.1) is 5.82 Å². The predicted molar refractivity (Wildman–Crippen MR) is 91.9 cm³/mol. The molecule has 3 heterocycles. The van der Waals surface area contributed by atoms with E-state index in [1.54, 1.807) is 18.2 Å². The Hall–Kier alpha value is -2.18. The van der Waals surface area contributed by atoms with Gasteiger partial charge in [0.05, 0.1) is 11.9 Å². The first-order valence-corrected chi connectivity index (χ1v) is 8.19. The Bertz CT molecular complexity index is 880. The summed E-state index contributed by atoms with van der Waals surface area (Å²) in [7, 11) is 0. The minimum atomic E-state index is -0.384. The molecule has 1 aliphatic heterocycles. The standard InChI is InChI=1S/C17H16ClFN4O/c1-10-8-20-4-5-23(10)17-22-15-7-11(18)6-13(16(15)24-17)14-3-2-12(19)9-21-14/h2-3,6-7,9-10,20H,4-5,8H2,1H3/t10-/m0/s1. The molecule has 0 spiro atoms. The molecule has 4 rings (SSSR count). The van der Waals surface area contributed by atoms with Crippen molar-refractivity contribution in [2.24, 2.45) is 0 Å². The van der Waals surface area contributed by atoms with Crippen LogP contribution < -0.4 is 10.2 Å². The largest absolute Gasteiger partial charge is 0.423 e. The topological polar surface area (TPSA) is 54.2 Å². The zero-order chi connectivity index (χ0) is 16.7. The number of hydrogen-bond donors (Lipinski definition) is 1. The molecule has 0 aliphatic carbocycles. The van der Waals surface area contributed by atoms with Crippen LogP contribution in [0.15, 0.2) is 34.9 Å². The van der Waals surface area contributed by atoms with E-state index in [4.69, 9.17) is 16.0 Å². The number of nitrogens with one attached hydrogen (secondary N) is 1. The molecule has 124 valence electrons. The van der Waals surface area contributed by atoms with Gasteiger partial charge in [-0.25, -0.2) is 4.39 Å². The lowest BCUT2D eigenvalue weighted by atomic mass is 10.1. The molecule has 5 nitrogen and oxygen atoms in total. The second-order valence-electron chi connectivity index (χ2n) is 5.91. The quantitative estimate of drug-likeness (QED) is 0.770. The third kappa shape index (κ3) is 2.72. The molecule has 7 heteroatoms. The monoisotopic (exact) mass is 346 g/mol. The number of nitrogens with zero attached hydrogens (tertiary/aromatic N) is 3. The van der Waals surface area contributed by atoms with E-state index in [1.807, 2.05) is 0 Å². The molecule has 0 unspecified atom stereocenters. The molecule has 1 aliphatic rings. The molecule has 0 amide bonds. The Balaban J connectivity index is 1.84. The summed E-state index contributed by atoms with van der Waals surface area (Å²) in [6.07, 6.45) is 1.18. The number of anilines is 1. The minimum Gasteiger partial charge on any atom is -0.423 e. The lowest BCUT2D eigenvalue weighted by Crippen LogP contribution is -2.50. The smallest absolute Gasteiger partial charge is 0.298 e. The van der Waals surface area contributed by atoms with Gasteiger partial charge >= 0.3 is 0 Å². The Morgan fingerprint density at radius 1 is 1.38 bits per heavy atom. The van der Waals surface area contributed by atoms with Crippen molar-refractivity contribution in [3.8, 4) is 11.3 Å². The summed E-state index contributed by atoms with van der Waals surface area (Å²) in [6.45, 7) is 4.71. The molecule has 3 aromatic rings. The average Bonchev–Trinajstić information content (AvgIpc) is 2.99. The van der Waals surface area contributed by atoms with Crippen molar-refractivity contribution in [2.45, 2.75) is 13.0 Å². The van der Waals surface area contributed by atoms with Crippen molar-refractivity contribution in [3.05, 3.63) is 41.3 Å². The van der Waals surface area contributed by atoms with Gasteiger partial charge in [-0.05, 0) is 31.2 Å². The highest BCUT2D eigenvalue weighted by Crippen LogP contribution is 2.34. The molecular weight excluding hydrogens is 331 g/mol. The summed E-state index contributed by atoms with van der Waals surface area (Å²) in [5, 5.41) is 3.88. The molecule has 1 atom stereocenters. The summed E-state index contributed by atoms with van der Waals surface area (Å²) in [5.41, 5.74) is 2.59. The van der Waals surface area contributed by atoms with E-state index < -0.39 is 0 Å². The number of aromatic nitrogens is 2. The van der Waals surface area contributed by atoms with Crippen LogP contribution in [0.5, 0.6) is 0 Å². The van der Waals surface area contributed by atoms with Crippen LogP contribution >= 0.6 is 11.6 Å². The van der Waals surface area contributed by atoms with Gasteiger partial charge in [0.1, 0.15) is 11.3 Å². The molecule has 2 aromatic heterocycles. The third-order valence-corrected chi connectivity index (χ3v) is 4.41. The first-order chi connectivity index (χ1) is 11.6. The van der Waals surface area contributed by atoms with Gasteiger partial charge in [-0.15, -0.1) is 0 Å². The Morgan fingerprint density at radius 2 is 2.25 bits per heavy atom. The number of hydrogen-bond acceptors (Lipinski definition) is 5. The van der Waals surface area contributed by atoms with Gasteiger partial charge in [-0.3, -0.25) is 4.98 Å². The van der Waals surface area contributed by atoms with Gasteiger partial charge in [-0.1, -0.05) is 11.6 Å². The first-order valence-electron chi connectivity index (χ1n) is 7.81. The van der Waals surface area contributed by atoms with Gasteiger partial charge in [-0.2, -0.15) is 4.98 Å². The van der Waals surface area contributed by atoms with Crippen molar-refractivity contribution in [3.63, 3.8) is 0 Å². The van der Waals surface area contributed by atoms with Crippen molar-refractivity contribution in [2.75, 3.05) is 24.5 Å². The molecule has 0 bridgehead atoms. The van der Waals surface area contributed by atoms with E-state index in [9.17, 15) is 4.39 Å². The van der Waals surface area contributed by atoms with E-state index in [2.05, 4.69) is 27.1 Å². The number of pyridine rings is 1. The van der Waals surface area contributed by atoms with Crippen molar-refractivity contribution in [1.29, 1.82) is 0 Å². The van der Waals surface area contributed by atoms with Gasteiger partial charge in [0.25, 0.3) is 6.01 Å². The van der Waals surface area contributed by atoms with Gasteiger partial charge in [0, 0.05) is 36.3 Å². The highest BCUT2D eigenvalue weighted by molar-refractivity contribution is 6.31. The number of rotatable bonds is 2. The second-order valence-corrected chi connectivity index (χ2v) is 6.34. The summed E-state index contributed by atoms with van der Waals surface area (Å²) in [6, 6.07) is 7.37. The van der Waals surface area contributed by atoms with E-state index in [0.29, 0.717) is 33.4 Å². The Morgan fingerprint density at radius 3 is 3.00 bits per heavy atom. The van der Waals surface area contributed by atoms with Crippen LogP contribution in [-0.2, 0) is 0 Å². The van der Waals surface area contributed by atoms with Gasteiger partial charge in [0.15, 0.2) is 5.58 Å². The van der Waals surface area contributed by atoms with Crippen LogP contribution in [0.2, 0.25) is 5.02 Å². The fraction of sp³-hybridized carbons (Fsp3) is 0.294. The highest BCUT2D eigenvalue weighted by Gasteiger charge is 2.24. The van der Waals surface area contributed by atoms with Crippen LogP contribution in [0.3, 0.4) is 0 Å². The molecule has 0 saturated carbocycles. The molecule has 1 aromatic carbocycles. The van der Waals surface area contributed by atoms with Crippen LogP contribution in [0.25, 0.3) is 22.4 Å². The van der Waals surface area contributed by atoms with E-state index >= 15 is 0 Å². The van der Waals surface area contributed by atoms with E-state index in [0.717, 1.165) is 19.6 Å². The normalized spacial score (nSPS) is 18.3. The van der Waals surface area contributed by atoms with Crippen molar-refractivity contribution in [1.82, 2.24) is 15.3 Å². The molecule has 0 radical (unpaired) electrons. The summed E-state index contributed by atoms with van der Waals surface area (Å²) < 4.78 is 19.2. The summed E-state index contributed by atoms with van der Waals surface area (Å²) in [5.74, 6) is -0.384. The van der Waals surface area contributed by atoms with Crippen LogP contribution in [0.4, 0.5) is 10.4 Å². The highest BCUT2D eigenvalue weighted by atomic mass is 35.5. The third-order valence-electron chi connectivity index (χ3n) is 4.19. The number of oxazole rings is 1. The Kier molecular flexibility index (Phi) is 3.86. The molecular formula is C17H16ClFN4O. The van der Waals surface area contributed by atoms with Crippen molar-refractivity contribution < 1.29 is 8.81 Å². The number of fused-ring (bicyclic) bond motifs is 1. The number of piperazine rings is 1. The second kappa shape index (κ2) is 6.03. The fourth-order valence-electron chi connectivity index (χ4n) is 2.96. The van der Waals surface area contributed by atoms with Crippen molar-refractivity contribution >= 4 is 28.7 Å². The summed E-state index contributed by atoms with van der Waals surface area (Å²) >= 11 is 6.22. The van der Waals surface area contributed by atoms with E-state index in [1.165, 1.54) is 12.3 Å². The van der Waals surface area contributed by atoms with E-state index in [-0.39, 0.29) is 11.9 Å². The average molecular weight is 347 g/mol. The first kappa shape index (κ1) is 15.4. The summed E-state index contributed by atoms with van der Waals surface area (Å²) in [4.78, 5) is 10.9. The van der Waals surface area contributed by atoms with Crippen LogP contribution in [-0.4, -0.2) is 35.6 Å². The molecule has 1 N–H and O–H groups in total. The Labute approximate surface area is 143 Å². The lowest BCUT2D eigenvalue weighted by molar-refractivity contribution is 0.456. The zero-order valence-corrected chi connectivity index (χ0v) is 13.8. The SMILES string of the molecule is C[C@H]1CNCCN1c1nc2cc(Cl)cc(-c3ccc(F)cn3)c2o1. The lowest BCUT2D eigenvalue weighted by Gasteiger charge is -2.32. The maximum Gasteiger partial charge on any atom is 0.298 e. The van der Waals surface area contributed by atoms with Crippen LogP contribution in [0.1, 0.15) is 6.92 Å². The fourth-order valence-corrected chi connectivity index (χ4v) is 3.17. The number of benzene rings is 1. The van der Waals surface area contributed by atoms with Gasteiger partial charge in [0.2, 0.25) is 0 Å². The van der Waals surface area contributed by atoms with Gasteiger partial charge < -0.3 is 14.6 Å². The molecule has 1 saturated heterocycles. The maximum atomic E-state index is 13.1. The minimum absolute atomic E-state index is 0.287. The maximum absolute atomic E-state index is 13.1. The predicted octanol–water partition coefficient (Wildman–Crippen LogP) is 3.48.